The zero-order valence-corrected chi connectivity index (χ0v) is 19.4. The van der Waals surface area contributed by atoms with Crippen LogP contribution in [0.15, 0.2) is 29.3 Å². The predicted octanol–water partition coefficient (Wildman–Crippen LogP) is 2.65. The van der Waals surface area contributed by atoms with Crippen LogP contribution in [0.3, 0.4) is 0 Å². The van der Waals surface area contributed by atoms with Gasteiger partial charge in [0.1, 0.15) is 17.6 Å². The zero-order chi connectivity index (χ0) is 19.5. The first-order chi connectivity index (χ1) is 13.1. The lowest BCUT2D eigenvalue weighted by molar-refractivity contribution is -0.127. The van der Waals surface area contributed by atoms with Crippen LogP contribution in [0.25, 0.3) is 0 Å². The van der Waals surface area contributed by atoms with Crippen molar-refractivity contribution in [2.24, 2.45) is 4.99 Å². The van der Waals surface area contributed by atoms with Gasteiger partial charge in [0.15, 0.2) is 5.96 Å². The number of benzene rings is 1. The number of halogens is 1. The van der Waals surface area contributed by atoms with Gasteiger partial charge in [-0.3, -0.25) is 4.79 Å². The number of guanidine groups is 1. The molecule has 0 aliphatic carbocycles. The molecular formula is C20H33IN4O3. The fourth-order valence-corrected chi connectivity index (χ4v) is 2.92. The normalized spacial score (nSPS) is 15.0. The van der Waals surface area contributed by atoms with Gasteiger partial charge in [0, 0.05) is 38.7 Å². The molecule has 1 amide bonds. The Hall–Kier alpha value is -1.71. The second-order valence-corrected chi connectivity index (χ2v) is 6.59. The van der Waals surface area contributed by atoms with Gasteiger partial charge in [0.2, 0.25) is 5.91 Å². The van der Waals surface area contributed by atoms with Crippen molar-refractivity contribution in [1.82, 2.24) is 15.5 Å². The maximum Gasteiger partial charge on any atom is 0.222 e. The van der Waals surface area contributed by atoms with E-state index in [1.807, 2.05) is 43.0 Å². The largest absolute Gasteiger partial charge is 0.497 e. The molecule has 0 saturated carbocycles. The molecule has 1 aliphatic heterocycles. The van der Waals surface area contributed by atoms with Gasteiger partial charge < -0.3 is 25.0 Å². The van der Waals surface area contributed by atoms with E-state index in [-0.39, 0.29) is 36.0 Å². The van der Waals surface area contributed by atoms with Crippen molar-refractivity contribution >= 4 is 35.8 Å². The first-order valence-corrected chi connectivity index (χ1v) is 9.73. The molecule has 1 saturated heterocycles. The van der Waals surface area contributed by atoms with Crippen LogP contribution in [-0.4, -0.2) is 62.7 Å². The zero-order valence-electron chi connectivity index (χ0n) is 17.1. The number of aliphatic imine (C=N–C) groups is 1. The summed E-state index contributed by atoms with van der Waals surface area (Å²) in [5.74, 6) is 2.59. The van der Waals surface area contributed by atoms with E-state index in [2.05, 4.69) is 15.6 Å². The molecule has 2 rings (SSSR count). The number of likely N-dealkylation sites (tertiary alicyclic amines) is 1. The minimum atomic E-state index is -0.0604. The van der Waals surface area contributed by atoms with Crippen LogP contribution in [0.2, 0.25) is 0 Å². The van der Waals surface area contributed by atoms with E-state index in [9.17, 15) is 4.79 Å². The molecule has 7 nitrogen and oxygen atoms in total. The highest BCUT2D eigenvalue weighted by molar-refractivity contribution is 14.0. The summed E-state index contributed by atoms with van der Waals surface area (Å²) >= 11 is 0. The number of hydrogen-bond acceptors (Lipinski definition) is 4. The van der Waals surface area contributed by atoms with Crippen molar-refractivity contribution in [3.63, 3.8) is 0 Å². The standard InChI is InChI=1S/C20H32N4O3.HI/c1-4-21-20(22-11-7-13-24-12-6-10-19(24)25)23-15-16(2)27-18-9-5-8-17(14-18)26-3;/h5,8-9,14,16H,4,6-7,10-13,15H2,1-3H3,(H2,21,22,23);1H. The average Bonchev–Trinajstić information content (AvgIpc) is 3.08. The third-order valence-electron chi connectivity index (χ3n) is 4.30. The minimum Gasteiger partial charge on any atom is -0.497 e. The monoisotopic (exact) mass is 504 g/mol. The van der Waals surface area contributed by atoms with Crippen molar-refractivity contribution in [3.8, 4) is 11.5 Å². The van der Waals surface area contributed by atoms with Gasteiger partial charge in [-0.2, -0.15) is 0 Å². The molecule has 1 unspecified atom stereocenters. The van der Waals surface area contributed by atoms with Crippen molar-refractivity contribution in [1.29, 1.82) is 0 Å². The highest BCUT2D eigenvalue weighted by atomic mass is 127. The molecule has 0 bridgehead atoms. The van der Waals surface area contributed by atoms with Crippen molar-refractivity contribution < 1.29 is 14.3 Å². The topological polar surface area (TPSA) is 75.2 Å². The number of carbonyl (C=O) groups excluding carboxylic acids is 1. The lowest BCUT2D eigenvalue weighted by atomic mass is 10.3. The molecule has 0 radical (unpaired) electrons. The molecule has 1 aliphatic rings. The molecule has 1 atom stereocenters. The second-order valence-electron chi connectivity index (χ2n) is 6.59. The van der Waals surface area contributed by atoms with Crippen LogP contribution in [0.5, 0.6) is 11.5 Å². The molecule has 0 spiro atoms. The number of ether oxygens (including phenoxy) is 2. The average molecular weight is 504 g/mol. The Morgan fingerprint density at radius 3 is 2.79 bits per heavy atom. The highest BCUT2D eigenvalue weighted by Gasteiger charge is 2.18. The maximum atomic E-state index is 11.6. The third kappa shape index (κ3) is 8.53. The summed E-state index contributed by atoms with van der Waals surface area (Å²) in [5.41, 5.74) is 0. The van der Waals surface area contributed by atoms with Crippen LogP contribution < -0.4 is 20.1 Å². The van der Waals surface area contributed by atoms with Gasteiger partial charge in [-0.05, 0) is 38.8 Å². The number of amides is 1. The quantitative estimate of drug-likeness (QED) is 0.222. The Morgan fingerprint density at radius 1 is 1.32 bits per heavy atom. The number of hydrogen-bond donors (Lipinski definition) is 2. The molecule has 1 heterocycles. The summed E-state index contributed by atoms with van der Waals surface area (Å²) in [6.07, 6.45) is 2.53. The molecule has 1 aromatic rings. The number of rotatable bonds is 10. The van der Waals surface area contributed by atoms with Gasteiger partial charge in [-0.25, -0.2) is 4.99 Å². The summed E-state index contributed by atoms with van der Waals surface area (Å²) in [7, 11) is 1.64. The lowest BCUT2D eigenvalue weighted by Crippen LogP contribution is -2.39. The molecule has 1 fully saturated rings. The number of methoxy groups -OCH3 is 1. The van der Waals surface area contributed by atoms with Gasteiger partial charge >= 0.3 is 0 Å². The summed E-state index contributed by atoms with van der Waals surface area (Å²) < 4.78 is 11.1. The van der Waals surface area contributed by atoms with Crippen LogP contribution in [0.1, 0.15) is 33.1 Å². The first-order valence-electron chi connectivity index (χ1n) is 9.73. The third-order valence-corrected chi connectivity index (χ3v) is 4.30. The second kappa shape index (κ2) is 13.5. The molecule has 8 heteroatoms. The van der Waals surface area contributed by atoms with Gasteiger partial charge in [-0.1, -0.05) is 6.07 Å². The van der Waals surface area contributed by atoms with E-state index >= 15 is 0 Å². The Bertz CT molecular complexity index is 627. The van der Waals surface area contributed by atoms with Crippen molar-refractivity contribution in [3.05, 3.63) is 24.3 Å². The van der Waals surface area contributed by atoms with Crippen LogP contribution in [-0.2, 0) is 4.79 Å². The van der Waals surface area contributed by atoms with Gasteiger partial charge in [-0.15, -0.1) is 24.0 Å². The van der Waals surface area contributed by atoms with E-state index in [1.165, 1.54) is 0 Å². The van der Waals surface area contributed by atoms with E-state index in [0.29, 0.717) is 13.0 Å². The van der Waals surface area contributed by atoms with E-state index in [0.717, 1.165) is 56.5 Å². The molecule has 0 aromatic heterocycles. The smallest absolute Gasteiger partial charge is 0.222 e. The summed E-state index contributed by atoms with van der Waals surface area (Å²) in [4.78, 5) is 18.2. The fourth-order valence-electron chi connectivity index (χ4n) is 2.92. The van der Waals surface area contributed by atoms with Gasteiger partial charge in [0.25, 0.3) is 0 Å². The van der Waals surface area contributed by atoms with Crippen molar-refractivity contribution in [2.75, 3.05) is 39.8 Å². The van der Waals surface area contributed by atoms with Crippen LogP contribution >= 0.6 is 24.0 Å². The van der Waals surface area contributed by atoms with Crippen LogP contribution in [0.4, 0.5) is 0 Å². The van der Waals surface area contributed by atoms with E-state index in [4.69, 9.17) is 9.47 Å². The molecule has 28 heavy (non-hydrogen) atoms. The van der Waals surface area contributed by atoms with Crippen LogP contribution in [0, 0.1) is 0 Å². The van der Waals surface area contributed by atoms with E-state index in [1.54, 1.807) is 7.11 Å². The van der Waals surface area contributed by atoms with Gasteiger partial charge in [0.05, 0.1) is 13.7 Å². The maximum absolute atomic E-state index is 11.6. The summed E-state index contributed by atoms with van der Waals surface area (Å²) in [6, 6.07) is 7.56. The predicted molar refractivity (Wildman–Crippen MR) is 123 cm³/mol. The number of carbonyl (C=O) groups is 1. The molecule has 2 N–H and O–H groups in total. The Kier molecular flexibility index (Phi) is 11.7. The summed E-state index contributed by atoms with van der Waals surface area (Å²) in [5, 5.41) is 6.56. The summed E-state index contributed by atoms with van der Waals surface area (Å²) in [6.45, 7) is 7.84. The molecular weight excluding hydrogens is 471 g/mol. The number of nitrogens with zero attached hydrogens (tertiary/aromatic N) is 2. The van der Waals surface area contributed by atoms with E-state index < -0.39 is 0 Å². The fraction of sp³-hybridized carbons (Fsp3) is 0.600. The molecule has 1 aromatic carbocycles. The first kappa shape index (κ1) is 24.3. The Labute approximate surface area is 185 Å². The lowest BCUT2D eigenvalue weighted by Gasteiger charge is -2.17. The highest BCUT2D eigenvalue weighted by Crippen LogP contribution is 2.19. The Balaban J connectivity index is 0.00000392. The minimum absolute atomic E-state index is 0. The Morgan fingerprint density at radius 2 is 2.11 bits per heavy atom. The molecule has 158 valence electrons. The SMILES string of the molecule is CCNC(=NCC(C)Oc1cccc(OC)c1)NCCCN1CCCC1=O.I. The number of nitrogens with one attached hydrogen (secondary N) is 2. The van der Waals surface area contributed by atoms with Crippen molar-refractivity contribution in [2.45, 2.75) is 39.2 Å².